The fraction of sp³-hybridized carbons (Fsp3) is 0.833. The minimum atomic E-state index is -1.14. The quantitative estimate of drug-likeness (QED) is 0.517. The van der Waals surface area contributed by atoms with Gasteiger partial charge in [0.1, 0.15) is 0 Å². The highest BCUT2D eigenvalue weighted by Crippen LogP contribution is 1.82. The molecule has 0 aliphatic rings. The van der Waals surface area contributed by atoms with Gasteiger partial charge in [0, 0.05) is 13.2 Å². The van der Waals surface area contributed by atoms with Crippen LogP contribution in [-0.2, 0) is 4.74 Å². The van der Waals surface area contributed by atoms with Crippen LogP contribution in [0.2, 0.25) is 0 Å². The topological polar surface area (TPSA) is 78.8 Å². The maximum absolute atomic E-state index is 9.91. The lowest BCUT2D eigenvalue weighted by atomic mass is 10.4. The van der Waals surface area contributed by atoms with Crippen LogP contribution in [0.3, 0.4) is 0 Å². The van der Waals surface area contributed by atoms with Crippen molar-refractivity contribution in [2.75, 3.05) is 19.8 Å². The fourth-order valence-corrected chi connectivity index (χ4v) is 0.518. The molecule has 1 atom stereocenters. The van der Waals surface area contributed by atoms with E-state index in [4.69, 9.17) is 14.9 Å². The van der Waals surface area contributed by atoms with E-state index in [1.54, 1.807) is 6.92 Å². The molecule has 0 aromatic carbocycles. The summed E-state index contributed by atoms with van der Waals surface area (Å²) in [7, 11) is 0. The molecule has 0 radical (unpaired) electrons. The molecule has 0 aromatic rings. The predicted octanol–water partition coefficient (Wildman–Crippen LogP) is -0.349. The minimum Gasteiger partial charge on any atom is -0.465 e. The summed E-state index contributed by atoms with van der Waals surface area (Å²) in [5.41, 5.74) is 0. The van der Waals surface area contributed by atoms with Gasteiger partial charge in [-0.3, -0.25) is 0 Å². The summed E-state index contributed by atoms with van der Waals surface area (Å²) < 4.78 is 4.84. The molecule has 0 saturated heterocycles. The van der Waals surface area contributed by atoms with Gasteiger partial charge < -0.3 is 20.3 Å². The van der Waals surface area contributed by atoms with Crippen molar-refractivity contribution in [2.24, 2.45) is 0 Å². The molecule has 0 heterocycles. The van der Waals surface area contributed by atoms with Crippen LogP contribution in [0, 0.1) is 0 Å². The maximum Gasteiger partial charge on any atom is 0.404 e. The Morgan fingerprint density at radius 1 is 1.73 bits per heavy atom. The monoisotopic (exact) mass is 163 g/mol. The molecule has 5 nitrogen and oxygen atoms in total. The van der Waals surface area contributed by atoms with Gasteiger partial charge in [0.15, 0.2) is 0 Å². The van der Waals surface area contributed by atoms with Crippen LogP contribution in [-0.4, -0.2) is 42.2 Å². The highest BCUT2D eigenvalue weighted by Gasteiger charge is 2.04. The van der Waals surface area contributed by atoms with Gasteiger partial charge in [-0.1, -0.05) is 0 Å². The van der Waals surface area contributed by atoms with E-state index in [9.17, 15) is 4.79 Å². The second kappa shape index (κ2) is 5.94. The number of carboxylic acid groups (broad SMARTS) is 1. The Balaban J connectivity index is 3.22. The van der Waals surface area contributed by atoms with Crippen molar-refractivity contribution in [1.29, 1.82) is 0 Å². The lowest BCUT2D eigenvalue weighted by molar-refractivity contribution is 0.0430. The van der Waals surface area contributed by atoms with E-state index in [1.165, 1.54) is 0 Å². The SMILES string of the molecule is CCOCC(O)CNC(=O)O. The molecular formula is C6H13NO4. The third-order valence-corrected chi connectivity index (χ3v) is 1.00. The van der Waals surface area contributed by atoms with E-state index in [0.717, 1.165) is 0 Å². The van der Waals surface area contributed by atoms with E-state index in [0.29, 0.717) is 6.61 Å². The second-order valence-corrected chi connectivity index (χ2v) is 2.00. The van der Waals surface area contributed by atoms with Crippen LogP contribution < -0.4 is 5.32 Å². The molecular weight excluding hydrogens is 150 g/mol. The van der Waals surface area contributed by atoms with E-state index in [2.05, 4.69) is 0 Å². The average molecular weight is 163 g/mol. The molecule has 0 rings (SSSR count). The van der Waals surface area contributed by atoms with Gasteiger partial charge in [-0.2, -0.15) is 0 Å². The number of aliphatic hydroxyl groups is 1. The number of hydrogen-bond acceptors (Lipinski definition) is 3. The summed E-state index contributed by atoms with van der Waals surface area (Å²) in [5, 5.41) is 19.1. The average Bonchev–Trinajstić information content (AvgIpc) is 1.97. The number of hydrogen-bond donors (Lipinski definition) is 3. The van der Waals surface area contributed by atoms with Gasteiger partial charge >= 0.3 is 6.09 Å². The molecule has 1 unspecified atom stereocenters. The zero-order valence-corrected chi connectivity index (χ0v) is 6.41. The van der Waals surface area contributed by atoms with E-state index in [1.807, 2.05) is 5.32 Å². The number of nitrogens with one attached hydrogen (secondary N) is 1. The van der Waals surface area contributed by atoms with Crippen molar-refractivity contribution in [2.45, 2.75) is 13.0 Å². The minimum absolute atomic E-state index is 0.00926. The Labute approximate surface area is 65.0 Å². The van der Waals surface area contributed by atoms with Crippen LogP contribution in [0.25, 0.3) is 0 Å². The fourth-order valence-electron chi connectivity index (χ4n) is 0.518. The first kappa shape index (κ1) is 10.2. The van der Waals surface area contributed by atoms with Gasteiger partial charge in [-0.15, -0.1) is 0 Å². The van der Waals surface area contributed by atoms with Crippen LogP contribution >= 0.6 is 0 Å². The first-order valence-electron chi connectivity index (χ1n) is 3.39. The van der Waals surface area contributed by atoms with E-state index >= 15 is 0 Å². The summed E-state index contributed by atoms with van der Waals surface area (Å²) in [6.07, 6.45) is -1.90. The van der Waals surface area contributed by atoms with Crippen molar-refractivity contribution in [3.05, 3.63) is 0 Å². The molecule has 1 amide bonds. The summed E-state index contributed by atoms with van der Waals surface area (Å²) in [5.74, 6) is 0. The van der Waals surface area contributed by atoms with Gasteiger partial charge in [-0.25, -0.2) is 4.79 Å². The Morgan fingerprint density at radius 3 is 2.82 bits per heavy atom. The van der Waals surface area contributed by atoms with Gasteiger partial charge in [-0.05, 0) is 6.92 Å². The molecule has 3 N–H and O–H groups in total. The number of amides is 1. The van der Waals surface area contributed by atoms with Crippen molar-refractivity contribution in [3.8, 4) is 0 Å². The molecule has 0 aliphatic heterocycles. The lowest BCUT2D eigenvalue weighted by Crippen LogP contribution is -2.33. The van der Waals surface area contributed by atoms with Crippen molar-refractivity contribution in [1.82, 2.24) is 5.32 Å². The number of carbonyl (C=O) groups is 1. The van der Waals surface area contributed by atoms with Gasteiger partial charge in [0.05, 0.1) is 12.7 Å². The third kappa shape index (κ3) is 7.08. The van der Waals surface area contributed by atoms with Crippen LogP contribution in [0.5, 0.6) is 0 Å². The second-order valence-electron chi connectivity index (χ2n) is 2.00. The van der Waals surface area contributed by atoms with Crippen LogP contribution in [0.15, 0.2) is 0 Å². The summed E-state index contributed by atoms with van der Waals surface area (Å²) in [6, 6.07) is 0. The molecule has 0 fully saturated rings. The number of ether oxygens (including phenoxy) is 1. The molecule has 0 aromatic heterocycles. The maximum atomic E-state index is 9.91. The Kier molecular flexibility index (Phi) is 5.50. The first-order valence-corrected chi connectivity index (χ1v) is 3.39. The smallest absolute Gasteiger partial charge is 0.404 e. The zero-order valence-electron chi connectivity index (χ0n) is 6.41. The standard InChI is InChI=1S/C6H13NO4/c1-2-11-4-5(8)3-7-6(9)10/h5,7-8H,2-4H2,1H3,(H,9,10). The van der Waals surface area contributed by atoms with Crippen molar-refractivity contribution >= 4 is 6.09 Å². The Hall–Kier alpha value is -0.810. The van der Waals surface area contributed by atoms with E-state index in [-0.39, 0.29) is 13.2 Å². The molecule has 0 saturated carbocycles. The van der Waals surface area contributed by atoms with Crippen molar-refractivity contribution < 1.29 is 19.7 Å². The molecule has 66 valence electrons. The highest BCUT2D eigenvalue weighted by molar-refractivity contribution is 5.64. The highest BCUT2D eigenvalue weighted by atomic mass is 16.5. The summed E-state index contributed by atoms with van der Waals surface area (Å²) >= 11 is 0. The largest absolute Gasteiger partial charge is 0.465 e. The Morgan fingerprint density at radius 2 is 2.36 bits per heavy atom. The van der Waals surface area contributed by atoms with Gasteiger partial charge in [0.25, 0.3) is 0 Å². The Bertz CT molecular complexity index is 117. The van der Waals surface area contributed by atoms with Crippen molar-refractivity contribution in [3.63, 3.8) is 0 Å². The lowest BCUT2D eigenvalue weighted by Gasteiger charge is -2.09. The van der Waals surface area contributed by atoms with Crippen LogP contribution in [0.1, 0.15) is 6.92 Å². The molecule has 0 spiro atoms. The first-order chi connectivity index (χ1) is 5.16. The predicted molar refractivity (Wildman–Crippen MR) is 38.5 cm³/mol. The third-order valence-electron chi connectivity index (χ3n) is 1.00. The summed E-state index contributed by atoms with van der Waals surface area (Å²) in [6.45, 7) is 2.49. The molecule has 5 heteroatoms. The summed E-state index contributed by atoms with van der Waals surface area (Å²) in [4.78, 5) is 9.91. The zero-order chi connectivity index (χ0) is 8.69. The number of aliphatic hydroxyl groups excluding tert-OH is 1. The van der Waals surface area contributed by atoms with E-state index < -0.39 is 12.2 Å². The normalized spacial score (nSPS) is 12.5. The van der Waals surface area contributed by atoms with Gasteiger partial charge in [0.2, 0.25) is 0 Å². The number of rotatable bonds is 5. The molecule has 0 bridgehead atoms. The molecule has 0 aliphatic carbocycles. The van der Waals surface area contributed by atoms with Crippen LogP contribution in [0.4, 0.5) is 4.79 Å². The molecule has 11 heavy (non-hydrogen) atoms.